The molecular weight excluding hydrogens is 202 g/mol. The zero-order valence-electron chi connectivity index (χ0n) is 8.78. The van der Waals surface area contributed by atoms with Gasteiger partial charge in [0.1, 0.15) is 6.04 Å². The minimum Gasteiger partial charge on any atom is -0.480 e. The topological polar surface area (TPSA) is 42.2 Å². The zero-order valence-corrected chi connectivity index (χ0v) is 8.78. The number of hydrogen-bond acceptors (Lipinski definition) is 1. The summed E-state index contributed by atoms with van der Waals surface area (Å²) in [7, 11) is 0. The molecule has 1 aromatic carbocycles. The first-order chi connectivity index (χ1) is 7.77. The quantitative estimate of drug-likeness (QED) is 0.850. The summed E-state index contributed by atoms with van der Waals surface area (Å²) in [5, 5.41) is 9.19. The Balaban J connectivity index is 2.19. The fourth-order valence-electron chi connectivity index (χ4n) is 1.71. The van der Waals surface area contributed by atoms with E-state index in [1.807, 2.05) is 42.5 Å². The molecule has 2 aromatic rings. The molecular formula is C13H13NO2. The second kappa shape index (κ2) is 4.66. The van der Waals surface area contributed by atoms with Gasteiger partial charge in [0, 0.05) is 18.8 Å². The molecule has 1 atom stereocenters. The summed E-state index contributed by atoms with van der Waals surface area (Å²) in [4.78, 5) is 11.2. The third-order valence-electron chi connectivity index (χ3n) is 2.54. The molecule has 0 fully saturated rings. The van der Waals surface area contributed by atoms with Gasteiger partial charge in [-0.15, -0.1) is 0 Å². The van der Waals surface area contributed by atoms with E-state index in [1.54, 1.807) is 17.0 Å². The van der Waals surface area contributed by atoms with Gasteiger partial charge in [-0.2, -0.15) is 0 Å². The first-order valence-electron chi connectivity index (χ1n) is 5.16. The molecule has 0 saturated carbocycles. The Morgan fingerprint density at radius 1 is 1.12 bits per heavy atom. The monoisotopic (exact) mass is 215 g/mol. The Morgan fingerprint density at radius 2 is 1.75 bits per heavy atom. The van der Waals surface area contributed by atoms with Gasteiger partial charge in [-0.1, -0.05) is 30.3 Å². The predicted octanol–water partition coefficient (Wildman–Crippen LogP) is 2.36. The molecule has 3 nitrogen and oxygen atoms in total. The summed E-state index contributed by atoms with van der Waals surface area (Å²) in [6.07, 6.45) is 4.06. The number of carboxylic acids is 1. The average Bonchev–Trinajstić information content (AvgIpc) is 2.80. The minimum absolute atomic E-state index is 0.505. The molecule has 0 aliphatic heterocycles. The van der Waals surface area contributed by atoms with Crippen LogP contribution in [0, 0.1) is 0 Å². The molecule has 0 spiro atoms. The highest BCUT2D eigenvalue weighted by Crippen LogP contribution is 2.14. The summed E-state index contributed by atoms with van der Waals surface area (Å²) in [6.45, 7) is 0. The van der Waals surface area contributed by atoms with Crippen LogP contribution in [-0.2, 0) is 11.2 Å². The van der Waals surface area contributed by atoms with Gasteiger partial charge >= 0.3 is 5.97 Å². The van der Waals surface area contributed by atoms with Crippen molar-refractivity contribution >= 4 is 5.97 Å². The normalized spacial score (nSPS) is 12.2. The van der Waals surface area contributed by atoms with Gasteiger partial charge in [-0.3, -0.25) is 0 Å². The summed E-state index contributed by atoms with van der Waals surface area (Å²) in [5.41, 5.74) is 1.03. The molecule has 3 heteroatoms. The van der Waals surface area contributed by atoms with Gasteiger partial charge in [0.2, 0.25) is 0 Å². The molecule has 2 rings (SSSR count). The van der Waals surface area contributed by atoms with Gasteiger partial charge in [0.15, 0.2) is 0 Å². The fraction of sp³-hybridized carbons (Fsp3) is 0.154. The van der Waals surface area contributed by atoms with Crippen molar-refractivity contribution < 1.29 is 9.90 Å². The van der Waals surface area contributed by atoms with Crippen molar-refractivity contribution in [2.45, 2.75) is 12.5 Å². The SMILES string of the molecule is O=C(O)[C@H](Cc1ccccc1)n1cccc1. The van der Waals surface area contributed by atoms with E-state index in [0.29, 0.717) is 6.42 Å². The molecule has 1 N–H and O–H groups in total. The maximum atomic E-state index is 11.2. The Morgan fingerprint density at radius 3 is 2.31 bits per heavy atom. The van der Waals surface area contributed by atoms with Crippen molar-refractivity contribution in [2.24, 2.45) is 0 Å². The van der Waals surface area contributed by atoms with E-state index < -0.39 is 12.0 Å². The van der Waals surface area contributed by atoms with Crippen molar-refractivity contribution in [1.82, 2.24) is 4.57 Å². The third-order valence-corrected chi connectivity index (χ3v) is 2.54. The van der Waals surface area contributed by atoms with E-state index in [-0.39, 0.29) is 0 Å². The van der Waals surface area contributed by atoms with Crippen molar-refractivity contribution in [1.29, 1.82) is 0 Å². The minimum atomic E-state index is -0.806. The average molecular weight is 215 g/mol. The van der Waals surface area contributed by atoms with Crippen LogP contribution < -0.4 is 0 Å². The largest absolute Gasteiger partial charge is 0.480 e. The molecule has 0 radical (unpaired) electrons. The number of benzene rings is 1. The molecule has 0 amide bonds. The van der Waals surface area contributed by atoms with E-state index in [4.69, 9.17) is 0 Å². The Labute approximate surface area is 94.0 Å². The van der Waals surface area contributed by atoms with Crippen LogP contribution in [0.2, 0.25) is 0 Å². The number of aliphatic carboxylic acids is 1. The van der Waals surface area contributed by atoms with Crippen LogP contribution in [-0.4, -0.2) is 15.6 Å². The number of rotatable bonds is 4. The standard InChI is InChI=1S/C13H13NO2/c15-13(16)12(14-8-4-5-9-14)10-11-6-2-1-3-7-11/h1-9,12H,10H2,(H,15,16)/t12-/m0/s1. The van der Waals surface area contributed by atoms with Crippen LogP contribution in [0.3, 0.4) is 0 Å². The van der Waals surface area contributed by atoms with E-state index in [0.717, 1.165) is 5.56 Å². The number of hydrogen-bond donors (Lipinski definition) is 1. The highest BCUT2D eigenvalue weighted by atomic mass is 16.4. The van der Waals surface area contributed by atoms with Crippen molar-refractivity contribution in [3.8, 4) is 0 Å². The first kappa shape index (κ1) is 10.5. The maximum Gasteiger partial charge on any atom is 0.327 e. The number of carbonyl (C=O) groups is 1. The second-order valence-corrected chi connectivity index (χ2v) is 3.67. The molecule has 0 aliphatic carbocycles. The lowest BCUT2D eigenvalue weighted by Crippen LogP contribution is -2.20. The molecule has 16 heavy (non-hydrogen) atoms. The smallest absolute Gasteiger partial charge is 0.327 e. The lowest BCUT2D eigenvalue weighted by Gasteiger charge is -2.14. The summed E-state index contributed by atoms with van der Waals surface area (Å²) in [5.74, 6) is -0.806. The van der Waals surface area contributed by atoms with Crippen LogP contribution in [0.5, 0.6) is 0 Å². The van der Waals surface area contributed by atoms with E-state index >= 15 is 0 Å². The van der Waals surface area contributed by atoms with E-state index in [1.165, 1.54) is 0 Å². The lowest BCUT2D eigenvalue weighted by atomic mass is 10.1. The lowest BCUT2D eigenvalue weighted by molar-refractivity contribution is -0.140. The molecule has 0 bridgehead atoms. The molecule has 0 unspecified atom stereocenters. The van der Waals surface area contributed by atoms with E-state index in [9.17, 15) is 9.90 Å². The predicted molar refractivity (Wildman–Crippen MR) is 61.3 cm³/mol. The van der Waals surface area contributed by atoms with Gasteiger partial charge in [0.05, 0.1) is 0 Å². The molecule has 1 heterocycles. The molecule has 0 saturated heterocycles. The number of aromatic nitrogens is 1. The molecule has 82 valence electrons. The van der Waals surface area contributed by atoms with Gasteiger partial charge < -0.3 is 9.67 Å². The van der Waals surface area contributed by atoms with Gasteiger partial charge in [-0.05, 0) is 17.7 Å². The Hall–Kier alpha value is -2.03. The third kappa shape index (κ3) is 2.31. The zero-order chi connectivity index (χ0) is 11.4. The van der Waals surface area contributed by atoms with Crippen molar-refractivity contribution in [3.05, 3.63) is 60.4 Å². The van der Waals surface area contributed by atoms with Crippen LogP contribution >= 0.6 is 0 Å². The van der Waals surface area contributed by atoms with Gasteiger partial charge in [0.25, 0.3) is 0 Å². The van der Waals surface area contributed by atoms with Crippen molar-refractivity contribution in [3.63, 3.8) is 0 Å². The van der Waals surface area contributed by atoms with Crippen LogP contribution in [0.25, 0.3) is 0 Å². The van der Waals surface area contributed by atoms with E-state index in [2.05, 4.69) is 0 Å². The second-order valence-electron chi connectivity index (χ2n) is 3.67. The number of nitrogens with zero attached hydrogens (tertiary/aromatic N) is 1. The summed E-state index contributed by atoms with van der Waals surface area (Å²) >= 11 is 0. The number of carboxylic acid groups (broad SMARTS) is 1. The van der Waals surface area contributed by atoms with Crippen LogP contribution in [0.4, 0.5) is 0 Å². The maximum absolute atomic E-state index is 11.2. The summed E-state index contributed by atoms with van der Waals surface area (Å²) < 4.78 is 1.72. The Bertz CT molecular complexity index is 448. The Kier molecular flexibility index (Phi) is 3.05. The fourth-order valence-corrected chi connectivity index (χ4v) is 1.71. The van der Waals surface area contributed by atoms with Crippen LogP contribution in [0.15, 0.2) is 54.9 Å². The first-order valence-corrected chi connectivity index (χ1v) is 5.16. The molecule has 0 aliphatic rings. The van der Waals surface area contributed by atoms with Crippen molar-refractivity contribution in [2.75, 3.05) is 0 Å². The van der Waals surface area contributed by atoms with Crippen LogP contribution in [0.1, 0.15) is 11.6 Å². The highest BCUT2D eigenvalue weighted by molar-refractivity contribution is 5.72. The van der Waals surface area contributed by atoms with Gasteiger partial charge in [-0.25, -0.2) is 4.79 Å². The highest BCUT2D eigenvalue weighted by Gasteiger charge is 2.18. The summed E-state index contributed by atoms with van der Waals surface area (Å²) in [6, 6.07) is 12.8. The molecule has 1 aromatic heterocycles.